The lowest BCUT2D eigenvalue weighted by atomic mass is 9.94. The van der Waals surface area contributed by atoms with E-state index in [0.29, 0.717) is 0 Å². The number of aliphatic carboxylic acids is 3. The summed E-state index contributed by atoms with van der Waals surface area (Å²) in [5.41, 5.74) is 0. The molecule has 9 fully saturated rings. The lowest BCUT2D eigenvalue weighted by molar-refractivity contribution is -0.378. The molecule has 91 heteroatoms. The van der Waals surface area contributed by atoms with Crippen LogP contribution in [0.4, 0.5) is 0 Å². The van der Waals surface area contributed by atoms with Crippen LogP contribution in [0.5, 0.6) is 0 Å². The zero-order chi connectivity index (χ0) is 105. The van der Waals surface area contributed by atoms with Gasteiger partial charge in [-0.15, -0.1) is 0 Å². The van der Waals surface area contributed by atoms with Crippen LogP contribution in [0.1, 0.15) is 0 Å². The third kappa shape index (κ3) is 33.2. The van der Waals surface area contributed by atoms with E-state index in [4.69, 9.17) is 80.3 Å². The van der Waals surface area contributed by atoms with Crippen LogP contribution < -0.4 is 18.9 Å². The van der Waals surface area contributed by atoms with Gasteiger partial charge in [0, 0.05) is 0 Å². The van der Waals surface area contributed by atoms with Gasteiger partial charge in [0.15, 0.2) is 93.0 Å². The molecule has 79 nitrogen and oxygen atoms in total. The highest BCUT2D eigenvalue weighted by atomic mass is 32.3. The van der Waals surface area contributed by atoms with E-state index in [-0.39, 0.29) is 0 Å². The fourth-order valence-corrected chi connectivity index (χ4v) is 20.0. The summed E-state index contributed by atoms with van der Waals surface area (Å²) in [6, 6.07) is -12.2. The normalized spacial score (nSPS) is 40.2. The van der Waals surface area contributed by atoms with Crippen molar-refractivity contribution in [2.45, 2.75) is 245 Å². The van der Waals surface area contributed by atoms with Gasteiger partial charge in [0.1, 0.15) is 152 Å². The summed E-state index contributed by atoms with van der Waals surface area (Å²) in [6.07, 6.45) is -110. The Morgan fingerprint density at radius 1 is 0.245 bits per heavy atom. The number of carboxylic acids is 3. The van der Waals surface area contributed by atoms with Crippen LogP contribution in [-0.2, 0) is 248 Å². The molecule has 28 N–H and O–H groups in total. The van der Waals surface area contributed by atoms with Crippen LogP contribution in [0.3, 0.4) is 0 Å². The molecule has 9 aliphatic rings. The largest absolute Gasteiger partial charge is 0.479 e. The summed E-state index contributed by atoms with van der Waals surface area (Å²) in [7, 11) is -72.5. The molecule has 0 saturated carbocycles. The molecular weight excluding hydrogens is 2220 g/mol. The number of rotatable bonds is 45. The first kappa shape index (κ1) is 118. The van der Waals surface area contributed by atoms with Gasteiger partial charge in [0.2, 0.25) is 0 Å². The molecule has 0 unspecified atom stereocenters. The van der Waals surface area contributed by atoms with Crippen molar-refractivity contribution >= 4 is 142 Å². The number of nitrogens with one attached hydrogen (secondary N) is 4. The molecule has 0 aromatic rings. The molecule has 0 aromatic heterocycles. The number of carbonyl (C=O) groups is 3. The molecule has 9 rings (SSSR count). The van der Waals surface area contributed by atoms with Crippen molar-refractivity contribution in [2.24, 2.45) is 0 Å². The van der Waals surface area contributed by atoms with Crippen LogP contribution in [-0.4, -0.2) is 513 Å². The molecule has 0 amide bonds. The number of hydrogen-bond acceptors (Lipinski definition) is 60. The Morgan fingerprint density at radius 2 is 0.468 bits per heavy atom. The summed E-state index contributed by atoms with van der Waals surface area (Å²) >= 11 is 0. The molecule has 139 heavy (non-hydrogen) atoms. The summed E-state index contributed by atoms with van der Waals surface area (Å²) < 4.78 is 538. The van der Waals surface area contributed by atoms with Crippen molar-refractivity contribution in [3.63, 3.8) is 0 Å². The topological polar surface area (TPSA) is 1220 Å². The first-order chi connectivity index (χ1) is 63.0. The average molecular weight is 2300 g/mol. The highest BCUT2D eigenvalue weighted by Crippen LogP contribution is 2.43. The molecule has 0 aromatic carbocycles. The third-order valence-electron chi connectivity index (χ3n) is 19.7. The molecule has 9 aliphatic heterocycles. The predicted octanol–water partition coefficient (Wildman–Crippen LogP) is -20.9. The van der Waals surface area contributed by atoms with E-state index in [2.05, 4.69) is 33.5 Å². The van der Waals surface area contributed by atoms with Crippen LogP contribution in [0, 0.1) is 0 Å². The maximum absolute atomic E-state index is 13.5. The zero-order valence-corrected chi connectivity index (χ0v) is 76.4. The van der Waals surface area contributed by atoms with Crippen molar-refractivity contribution in [1.29, 1.82) is 0 Å². The van der Waals surface area contributed by atoms with Gasteiger partial charge in [-0.2, -0.15) is 120 Å². The van der Waals surface area contributed by atoms with E-state index in [1.54, 1.807) is 0 Å². The predicted molar refractivity (Wildman–Crippen MR) is 396 cm³/mol. The first-order valence-corrected chi connectivity index (χ1v) is 53.1. The highest BCUT2D eigenvalue weighted by Gasteiger charge is 2.65. The maximum Gasteiger partial charge on any atom is 0.397 e. The second-order valence-corrected chi connectivity index (χ2v) is 42.5. The van der Waals surface area contributed by atoms with Crippen LogP contribution >= 0.6 is 0 Å². The standard InChI is InChI=1S/C48H78N4O75S12/c53-15-6(2-105-132(80,81)82)109-41(11(16(15)54)49-128(68,69)70)118-28-21(59)32(125-137(95,96)97)46(121-35(28)38(62)63)116-25-9(4-107-134(86,87)88)111-43(13(18(25)56)51-130(74,75)76)120-30-23(61)34(127-139(101,102)103)48(123-37(30)40(66)67)117-26-10(5-108-135(89,90)91)112-44(14(19(26)57)52-131(77,78)79)119-29-22(60)33(126-138(98,99)100)47(122-36(29)39(64)65)115-24-8(3-106-133(83,84)85)110-42(12(17(24)55)50-129(71,72)73)114-27-7-1-104-45(113-7)31(20(27)58)124-136(92,93)94/h6-37,41-61H,1-5H2,(H,62,63)(H,64,65)(H,66,67)(H,68,69,70)(H,71,72,73)(H,74,75,76)(H,77,78,79)(H,80,81,82)(H,83,84,85)(H,86,87,88)(H,89,90,91)(H,92,93,94)(H,95,96,97)(H,98,99,100)(H,101,102,103)/t6-,7+,8-,9-,10-,11-,12-,13-,14-,15-,16-,17-,18-,19-,20+,21+,22+,23+,24-,25-,26-,27-,28+,29+,30+,31-,32-,33-,34-,35-,36-,37-,41-,42-,43-,44-,45+,46-,47-,48-/m1/s1. The monoisotopic (exact) mass is 2290 g/mol. The number of ether oxygens (including phenoxy) is 16. The molecule has 9 heterocycles. The molecule has 812 valence electrons. The number of fused-ring (bicyclic) bond motifs is 2. The van der Waals surface area contributed by atoms with Gasteiger partial charge in [0.25, 0.3) is 0 Å². The van der Waals surface area contributed by atoms with E-state index in [0.717, 1.165) is 9.44 Å². The van der Waals surface area contributed by atoms with Gasteiger partial charge >= 0.3 is 142 Å². The Hall–Kier alpha value is -4.15. The van der Waals surface area contributed by atoms with Crippen molar-refractivity contribution in [3.05, 3.63) is 0 Å². The van der Waals surface area contributed by atoms with Gasteiger partial charge in [-0.05, 0) is 0 Å². The van der Waals surface area contributed by atoms with E-state index in [9.17, 15) is 227 Å². The van der Waals surface area contributed by atoms with Crippen molar-refractivity contribution in [2.75, 3.05) is 33.0 Å². The molecule has 9 saturated heterocycles. The maximum atomic E-state index is 13.5. The van der Waals surface area contributed by atoms with E-state index in [1.165, 1.54) is 9.44 Å². The molecule has 40 atom stereocenters. The van der Waals surface area contributed by atoms with Crippen molar-refractivity contribution in [1.82, 2.24) is 18.9 Å². The van der Waals surface area contributed by atoms with Gasteiger partial charge in [-0.3, -0.25) is 54.6 Å². The molecule has 0 radical (unpaired) electrons. The summed E-state index contributed by atoms with van der Waals surface area (Å²) in [5.74, 6) is -7.94. The van der Waals surface area contributed by atoms with Crippen LogP contribution in [0.15, 0.2) is 0 Å². The molecule has 0 spiro atoms. The van der Waals surface area contributed by atoms with E-state index in [1.807, 2.05) is 0 Å². The van der Waals surface area contributed by atoms with Crippen LogP contribution in [0.25, 0.3) is 0 Å². The number of hydrogen-bond donors (Lipinski definition) is 28. The number of aliphatic hydroxyl groups excluding tert-OH is 9. The second-order valence-electron chi connectivity index (χ2n) is 29.2. The minimum Gasteiger partial charge on any atom is -0.479 e. The first-order valence-electron chi connectivity index (χ1n) is 36.4. The number of aliphatic hydroxyl groups is 9. The van der Waals surface area contributed by atoms with Gasteiger partial charge < -0.3 is 137 Å². The van der Waals surface area contributed by atoms with Crippen molar-refractivity contribution < 1.29 is 341 Å². The summed E-state index contributed by atoms with van der Waals surface area (Å²) in [6.45, 7) is -8.49. The van der Waals surface area contributed by atoms with E-state index < -0.39 is 421 Å². The molecular formula is C48H78N4O75S12. The van der Waals surface area contributed by atoms with Gasteiger partial charge in [-0.1, -0.05) is 0 Å². The SMILES string of the molecule is O=C(O)[C@@H]1O[C@@H](O[C@H]2[C@H](O)[C@@H](NS(=O)(=O)O)[C@@H](O[C@H]3[C@H](O)[C@@H](OS(=O)(=O)O)[C@H]4OC[C@@H]3O4)O[C@@H]2COS(=O)(=O)O)[C@H](OS(=O)(=O)O)[C@@H](O)[C@@H]1O[C@H]1O[C@H](COS(=O)(=O)O)[C@@H](O[C@@H]2O[C@@H](C(=O)O)[C@@H](O[C@H]3O[C@H](COS(=O)(=O)O)[C@@H](O[C@@H]4O[C@@H](C(=O)O)[C@@H](O[C@H]5O[C@H](COS(=O)(=O)O)[C@@H](O)[C@H](O)[C@H]5NS(=O)(=O)O)[C@H](O)[C@H]4OS(=O)(=O)O)[C@H](O)[C@H]3NS(=O)(=O)O)[C@H](O)[C@H]2OS(=O)(=O)O)[C@H](O)[C@H]1NS(=O)(=O)O. The smallest absolute Gasteiger partial charge is 0.397 e. The summed E-state index contributed by atoms with van der Waals surface area (Å²) in [5, 5.41) is 137. The zero-order valence-electron chi connectivity index (χ0n) is 66.6. The summed E-state index contributed by atoms with van der Waals surface area (Å²) in [4.78, 5) is 39.9. The quantitative estimate of drug-likeness (QED) is 0.0252. The lowest BCUT2D eigenvalue weighted by Gasteiger charge is -2.51. The Morgan fingerprint density at radius 3 is 0.712 bits per heavy atom. The lowest BCUT2D eigenvalue weighted by Crippen LogP contribution is -2.71. The minimum absolute atomic E-state index is 0.751. The highest BCUT2D eigenvalue weighted by molar-refractivity contribution is 7.85. The minimum atomic E-state index is -6.51. The Bertz CT molecular complexity index is 5810. The third-order valence-corrected chi connectivity index (χ3v) is 25.6. The van der Waals surface area contributed by atoms with Gasteiger partial charge in [0.05, 0.1) is 33.0 Å². The Balaban J connectivity index is 1.04. The van der Waals surface area contributed by atoms with Crippen molar-refractivity contribution in [3.8, 4) is 0 Å². The van der Waals surface area contributed by atoms with E-state index >= 15 is 0 Å². The van der Waals surface area contributed by atoms with Crippen LogP contribution in [0.2, 0.25) is 0 Å². The fourth-order valence-electron chi connectivity index (χ4n) is 14.4. The molecule has 0 aliphatic carbocycles. The fraction of sp³-hybridized carbons (Fsp3) is 0.938. The Labute approximate surface area is 776 Å². The average Bonchev–Trinajstić information content (AvgIpc) is 1.76. The number of carboxylic acid groups (broad SMARTS) is 3. The Kier molecular flexibility index (Phi) is 38.1. The second kappa shape index (κ2) is 44.7. The molecule has 2 bridgehead atoms. The van der Waals surface area contributed by atoms with Gasteiger partial charge in [-0.25, -0.2) is 47.8 Å².